The van der Waals surface area contributed by atoms with Crippen molar-refractivity contribution in [2.24, 2.45) is 5.92 Å². The first-order valence-corrected chi connectivity index (χ1v) is 3.74. The minimum Gasteiger partial charge on any atom is -0.378 e. The Morgan fingerprint density at radius 2 is 1.80 bits per heavy atom. The first-order valence-electron chi connectivity index (χ1n) is 3.74. The quantitative estimate of drug-likeness (QED) is 0.595. The number of halogens is 1. The van der Waals surface area contributed by atoms with Gasteiger partial charge in [-0.15, -0.1) is 0 Å². The molecule has 0 rings (SSSR count). The van der Waals surface area contributed by atoms with Crippen LogP contribution in [-0.4, -0.2) is 19.4 Å². The highest BCUT2D eigenvalue weighted by molar-refractivity contribution is 4.65. The van der Waals surface area contributed by atoms with E-state index in [0.29, 0.717) is 5.92 Å². The summed E-state index contributed by atoms with van der Waals surface area (Å²) < 4.78 is 17.5. The Balaban J connectivity index is 3.60. The molecule has 2 unspecified atom stereocenters. The molecule has 62 valence electrons. The molecule has 10 heavy (non-hydrogen) atoms. The summed E-state index contributed by atoms with van der Waals surface area (Å²) in [7, 11) is 1.56. The molecule has 1 nitrogen and oxygen atoms in total. The van der Waals surface area contributed by atoms with Gasteiger partial charge in [-0.1, -0.05) is 13.8 Å². The lowest BCUT2D eigenvalue weighted by Crippen LogP contribution is -2.23. The van der Waals surface area contributed by atoms with E-state index in [1.165, 1.54) is 6.92 Å². The van der Waals surface area contributed by atoms with Gasteiger partial charge in [-0.05, 0) is 19.3 Å². The number of hydrogen-bond donors (Lipinski definition) is 0. The predicted molar refractivity (Wildman–Crippen MR) is 40.8 cm³/mol. The molecule has 0 amide bonds. The van der Waals surface area contributed by atoms with E-state index in [4.69, 9.17) is 4.74 Å². The minimum atomic E-state index is -0.854. The lowest BCUT2D eigenvalue weighted by atomic mass is 10.0. The van der Waals surface area contributed by atoms with Gasteiger partial charge in [0, 0.05) is 7.11 Å². The maximum absolute atomic E-state index is 12.6. The van der Waals surface area contributed by atoms with Gasteiger partial charge in [-0.3, -0.25) is 0 Å². The molecule has 0 fully saturated rings. The lowest BCUT2D eigenvalue weighted by Gasteiger charge is -2.18. The summed E-state index contributed by atoms with van der Waals surface area (Å²) in [6.45, 7) is 5.67. The molecule has 0 aliphatic carbocycles. The monoisotopic (exact) mass is 148 g/mol. The van der Waals surface area contributed by atoms with E-state index in [0.717, 1.165) is 6.42 Å². The Labute approximate surface area is 62.6 Å². The highest BCUT2D eigenvalue weighted by Crippen LogP contribution is 2.12. The van der Waals surface area contributed by atoms with Crippen molar-refractivity contribution >= 4 is 0 Å². The molecule has 0 saturated carbocycles. The number of ether oxygens (including phenoxy) is 1. The SMILES string of the molecule is COC(CC(C)C)C(C)F. The van der Waals surface area contributed by atoms with Crippen LogP contribution < -0.4 is 0 Å². The number of hydrogen-bond acceptors (Lipinski definition) is 1. The van der Waals surface area contributed by atoms with E-state index in [1.807, 2.05) is 0 Å². The number of rotatable bonds is 4. The van der Waals surface area contributed by atoms with Gasteiger partial charge in [0.15, 0.2) is 0 Å². The van der Waals surface area contributed by atoms with Crippen LogP contribution in [0.1, 0.15) is 27.2 Å². The molecule has 0 heterocycles. The molecule has 0 aliphatic heterocycles. The molecule has 2 atom stereocenters. The highest BCUT2D eigenvalue weighted by atomic mass is 19.1. The average Bonchev–Trinajstić information content (AvgIpc) is 1.81. The van der Waals surface area contributed by atoms with Crippen molar-refractivity contribution in [3.63, 3.8) is 0 Å². The second kappa shape index (κ2) is 4.67. The van der Waals surface area contributed by atoms with Gasteiger partial charge in [0.25, 0.3) is 0 Å². The zero-order valence-electron chi connectivity index (χ0n) is 7.23. The summed E-state index contributed by atoms with van der Waals surface area (Å²) in [5, 5.41) is 0. The third-order valence-corrected chi connectivity index (χ3v) is 1.52. The normalized spacial score (nSPS) is 17.4. The van der Waals surface area contributed by atoms with Crippen LogP contribution in [0.15, 0.2) is 0 Å². The lowest BCUT2D eigenvalue weighted by molar-refractivity contribution is 0.0257. The molecule has 2 heteroatoms. The van der Waals surface area contributed by atoms with Crippen molar-refractivity contribution in [1.29, 1.82) is 0 Å². The molecular weight excluding hydrogens is 131 g/mol. The number of methoxy groups -OCH3 is 1. The molecule has 0 N–H and O–H groups in total. The van der Waals surface area contributed by atoms with E-state index >= 15 is 0 Å². The van der Waals surface area contributed by atoms with Crippen molar-refractivity contribution in [3.05, 3.63) is 0 Å². The first kappa shape index (κ1) is 9.89. The third kappa shape index (κ3) is 3.83. The molecule has 0 radical (unpaired) electrons. The van der Waals surface area contributed by atoms with Gasteiger partial charge < -0.3 is 4.74 Å². The summed E-state index contributed by atoms with van der Waals surface area (Å²) in [5.41, 5.74) is 0. The van der Waals surface area contributed by atoms with E-state index < -0.39 is 6.17 Å². The van der Waals surface area contributed by atoms with Gasteiger partial charge in [0.2, 0.25) is 0 Å². The minimum absolute atomic E-state index is 0.222. The van der Waals surface area contributed by atoms with E-state index in [-0.39, 0.29) is 6.10 Å². The van der Waals surface area contributed by atoms with Crippen molar-refractivity contribution in [1.82, 2.24) is 0 Å². The van der Waals surface area contributed by atoms with E-state index in [1.54, 1.807) is 7.11 Å². The predicted octanol–water partition coefficient (Wildman–Crippen LogP) is 2.41. The zero-order chi connectivity index (χ0) is 8.15. The summed E-state index contributed by atoms with van der Waals surface area (Å²) in [6.07, 6.45) is -0.277. The Hall–Kier alpha value is -0.110. The Morgan fingerprint density at radius 1 is 1.30 bits per heavy atom. The Kier molecular flexibility index (Phi) is 4.62. The fraction of sp³-hybridized carbons (Fsp3) is 1.00. The van der Waals surface area contributed by atoms with Crippen LogP contribution >= 0.6 is 0 Å². The zero-order valence-corrected chi connectivity index (χ0v) is 7.23. The molecule has 0 aliphatic rings. The Morgan fingerprint density at radius 3 is 1.90 bits per heavy atom. The largest absolute Gasteiger partial charge is 0.378 e. The third-order valence-electron chi connectivity index (χ3n) is 1.52. The van der Waals surface area contributed by atoms with Crippen molar-refractivity contribution in [2.45, 2.75) is 39.5 Å². The molecule has 0 spiro atoms. The fourth-order valence-electron chi connectivity index (χ4n) is 0.936. The maximum atomic E-state index is 12.6. The van der Waals surface area contributed by atoms with Gasteiger partial charge in [0.05, 0.1) is 6.10 Å². The van der Waals surface area contributed by atoms with Crippen molar-refractivity contribution in [2.75, 3.05) is 7.11 Å². The van der Waals surface area contributed by atoms with Gasteiger partial charge in [-0.2, -0.15) is 0 Å². The van der Waals surface area contributed by atoms with E-state index in [9.17, 15) is 4.39 Å². The van der Waals surface area contributed by atoms with E-state index in [2.05, 4.69) is 13.8 Å². The molecule has 0 bridgehead atoms. The molecule has 0 aromatic carbocycles. The van der Waals surface area contributed by atoms with Gasteiger partial charge >= 0.3 is 0 Å². The van der Waals surface area contributed by atoms with Crippen LogP contribution in [0.2, 0.25) is 0 Å². The molecular formula is C8H17FO. The summed E-state index contributed by atoms with van der Waals surface area (Å²) in [5.74, 6) is 0.503. The van der Waals surface area contributed by atoms with Gasteiger partial charge in [-0.25, -0.2) is 4.39 Å². The van der Waals surface area contributed by atoms with Crippen LogP contribution in [0, 0.1) is 5.92 Å². The summed E-state index contributed by atoms with van der Waals surface area (Å²) in [4.78, 5) is 0. The second-order valence-corrected chi connectivity index (χ2v) is 3.08. The van der Waals surface area contributed by atoms with Crippen LogP contribution in [0.5, 0.6) is 0 Å². The standard InChI is InChI=1S/C8H17FO/c1-6(2)5-8(10-4)7(3)9/h6-8H,5H2,1-4H3. The summed E-state index contributed by atoms with van der Waals surface area (Å²) in [6, 6.07) is 0. The van der Waals surface area contributed by atoms with Crippen molar-refractivity contribution < 1.29 is 9.13 Å². The Bertz CT molecular complexity index is 81.3. The van der Waals surface area contributed by atoms with Crippen LogP contribution in [0.4, 0.5) is 4.39 Å². The molecule has 0 saturated heterocycles. The first-order chi connectivity index (χ1) is 4.57. The molecule has 0 aromatic rings. The van der Waals surface area contributed by atoms with Crippen LogP contribution in [0.25, 0.3) is 0 Å². The summed E-state index contributed by atoms with van der Waals surface area (Å²) >= 11 is 0. The topological polar surface area (TPSA) is 9.23 Å². The second-order valence-electron chi connectivity index (χ2n) is 3.08. The smallest absolute Gasteiger partial charge is 0.123 e. The van der Waals surface area contributed by atoms with Crippen LogP contribution in [0.3, 0.4) is 0 Å². The highest BCUT2D eigenvalue weighted by Gasteiger charge is 2.16. The fourth-order valence-corrected chi connectivity index (χ4v) is 0.936. The number of alkyl halides is 1. The van der Waals surface area contributed by atoms with Crippen molar-refractivity contribution in [3.8, 4) is 0 Å². The van der Waals surface area contributed by atoms with Crippen LogP contribution in [-0.2, 0) is 4.74 Å². The molecule has 0 aromatic heterocycles. The average molecular weight is 148 g/mol. The van der Waals surface area contributed by atoms with Gasteiger partial charge in [0.1, 0.15) is 6.17 Å². The maximum Gasteiger partial charge on any atom is 0.123 e.